The maximum atomic E-state index is 13.4. The number of rotatable bonds is 3. The molecule has 0 unspecified atom stereocenters. The van der Waals surface area contributed by atoms with E-state index in [2.05, 4.69) is 20.0 Å². The number of anilines is 1. The molecule has 3 N–H and O–H groups in total. The predicted molar refractivity (Wildman–Crippen MR) is 61.0 cm³/mol. The fourth-order valence-corrected chi connectivity index (χ4v) is 1.36. The number of carbonyl (C=O) groups excluding carboxylic acids is 1. The molecule has 0 aliphatic carbocycles. The van der Waals surface area contributed by atoms with Gasteiger partial charge in [-0.05, 0) is 19.1 Å². The first-order chi connectivity index (χ1) is 8.58. The molecular formula is C11H11FN4O2. The van der Waals surface area contributed by atoms with Crippen molar-refractivity contribution in [3.8, 4) is 0 Å². The van der Waals surface area contributed by atoms with Gasteiger partial charge in [-0.25, -0.2) is 4.39 Å². The topological polar surface area (TPSA) is 94.0 Å². The molecule has 7 heteroatoms. The van der Waals surface area contributed by atoms with Crippen LogP contribution in [0.15, 0.2) is 23.0 Å². The van der Waals surface area contributed by atoms with Crippen LogP contribution in [0.2, 0.25) is 0 Å². The van der Waals surface area contributed by atoms with Crippen LogP contribution < -0.4 is 11.1 Å². The average Bonchev–Trinajstić information content (AvgIpc) is 2.85. The molecule has 1 heterocycles. The van der Waals surface area contributed by atoms with Crippen molar-refractivity contribution < 1.29 is 13.7 Å². The highest BCUT2D eigenvalue weighted by Crippen LogP contribution is 2.17. The number of amides is 1. The Labute approximate surface area is 102 Å². The number of hydrogen-bond donors (Lipinski definition) is 2. The molecule has 1 amide bonds. The summed E-state index contributed by atoms with van der Waals surface area (Å²) in [5, 5.41) is 6.06. The molecule has 2 aromatic rings. The van der Waals surface area contributed by atoms with Gasteiger partial charge in [-0.2, -0.15) is 4.98 Å². The first kappa shape index (κ1) is 12.0. The zero-order valence-corrected chi connectivity index (χ0v) is 9.61. The van der Waals surface area contributed by atoms with Gasteiger partial charge in [0.05, 0.1) is 6.54 Å². The van der Waals surface area contributed by atoms with Crippen molar-refractivity contribution in [1.82, 2.24) is 15.5 Å². The van der Waals surface area contributed by atoms with Crippen molar-refractivity contribution in [2.75, 3.05) is 5.73 Å². The van der Waals surface area contributed by atoms with Gasteiger partial charge in [0, 0.05) is 16.8 Å². The van der Waals surface area contributed by atoms with Crippen LogP contribution >= 0.6 is 0 Å². The van der Waals surface area contributed by atoms with Gasteiger partial charge in [-0.1, -0.05) is 5.16 Å². The third-order valence-electron chi connectivity index (χ3n) is 2.46. The van der Waals surface area contributed by atoms with E-state index in [0.717, 1.165) is 12.5 Å². The summed E-state index contributed by atoms with van der Waals surface area (Å²) in [6.07, 6.45) is 1.16. The van der Waals surface area contributed by atoms with Gasteiger partial charge >= 0.3 is 0 Å². The average molecular weight is 250 g/mol. The molecule has 94 valence electrons. The Morgan fingerprint density at radius 3 is 2.94 bits per heavy atom. The summed E-state index contributed by atoms with van der Waals surface area (Å²) in [4.78, 5) is 15.5. The van der Waals surface area contributed by atoms with Crippen molar-refractivity contribution in [2.45, 2.75) is 13.5 Å². The fourth-order valence-electron chi connectivity index (χ4n) is 1.36. The van der Waals surface area contributed by atoms with E-state index >= 15 is 0 Å². The largest absolute Gasteiger partial charge is 0.398 e. The summed E-state index contributed by atoms with van der Waals surface area (Å²) in [6.45, 7) is 1.65. The molecule has 1 aromatic heterocycles. The van der Waals surface area contributed by atoms with Crippen molar-refractivity contribution >= 4 is 11.6 Å². The van der Waals surface area contributed by atoms with E-state index in [9.17, 15) is 9.18 Å². The van der Waals surface area contributed by atoms with Crippen LogP contribution in [-0.2, 0) is 6.54 Å². The number of hydrogen-bond acceptors (Lipinski definition) is 5. The number of nitrogen functional groups attached to an aromatic ring is 1. The van der Waals surface area contributed by atoms with Crippen molar-refractivity contribution in [2.24, 2.45) is 0 Å². The van der Waals surface area contributed by atoms with E-state index in [1.165, 1.54) is 6.07 Å². The van der Waals surface area contributed by atoms with Gasteiger partial charge in [0.25, 0.3) is 5.91 Å². The van der Waals surface area contributed by atoms with Crippen LogP contribution in [0.25, 0.3) is 0 Å². The molecule has 0 fully saturated rings. The van der Waals surface area contributed by atoms with Gasteiger partial charge in [0.1, 0.15) is 5.82 Å². The quantitative estimate of drug-likeness (QED) is 0.793. The van der Waals surface area contributed by atoms with E-state index in [0.29, 0.717) is 11.4 Å². The van der Waals surface area contributed by atoms with Crippen LogP contribution in [0.4, 0.5) is 10.1 Å². The van der Waals surface area contributed by atoms with E-state index in [1.807, 2.05) is 0 Å². The Morgan fingerprint density at radius 2 is 2.33 bits per heavy atom. The first-order valence-corrected chi connectivity index (χ1v) is 5.17. The zero-order valence-electron chi connectivity index (χ0n) is 9.61. The maximum Gasteiger partial charge on any atom is 0.251 e. The molecule has 0 atom stereocenters. The van der Waals surface area contributed by atoms with Crippen LogP contribution in [-0.4, -0.2) is 16.0 Å². The molecule has 2 rings (SSSR count). The van der Waals surface area contributed by atoms with Crippen molar-refractivity contribution in [1.29, 1.82) is 0 Å². The highest BCUT2D eigenvalue weighted by molar-refractivity contribution is 5.95. The van der Waals surface area contributed by atoms with E-state index in [1.54, 1.807) is 6.92 Å². The minimum absolute atomic E-state index is 0.102. The van der Waals surface area contributed by atoms with E-state index in [-0.39, 0.29) is 17.8 Å². The number of nitrogens with zero attached hydrogens (tertiary/aromatic N) is 2. The molecule has 0 aliphatic rings. The Bertz CT molecular complexity index is 545. The van der Waals surface area contributed by atoms with Crippen LogP contribution in [0.5, 0.6) is 0 Å². The van der Waals surface area contributed by atoms with Gasteiger partial charge in [-0.15, -0.1) is 0 Å². The van der Waals surface area contributed by atoms with Crippen molar-refractivity contribution in [3.63, 3.8) is 0 Å². The van der Waals surface area contributed by atoms with Gasteiger partial charge in [0.2, 0.25) is 6.39 Å². The number of halogens is 1. The molecule has 0 saturated heterocycles. The standard InChI is InChI=1S/C11H11FN4O2/c1-6-8(12)2-7(3-9(6)13)11(17)14-4-10-15-5-18-16-10/h2-3,5H,4,13H2,1H3,(H,14,17). The number of aromatic nitrogens is 2. The maximum absolute atomic E-state index is 13.4. The Balaban J connectivity index is 2.09. The number of nitrogens with one attached hydrogen (secondary N) is 1. The minimum Gasteiger partial charge on any atom is -0.398 e. The van der Waals surface area contributed by atoms with Gasteiger partial charge < -0.3 is 15.6 Å². The number of carbonyl (C=O) groups is 1. The van der Waals surface area contributed by atoms with Gasteiger partial charge in [-0.3, -0.25) is 4.79 Å². The number of benzene rings is 1. The lowest BCUT2D eigenvalue weighted by molar-refractivity contribution is 0.0949. The Hall–Kier alpha value is -2.44. The molecule has 0 bridgehead atoms. The highest BCUT2D eigenvalue weighted by atomic mass is 19.1. The zero-order chi connectivity index (χ0) is 13.1. The van der Waals surface area contributed by atoms with Crippen LogP contribution in [0.3, 0.4) is 0 Å². The lowest BCUT2D eigenvalue weighted by Crippen LogP contribution is -2.23. The van der Waals surface area contributed by atoms with Crippen LogP contribution in [0, 0.1) is 12.7 Å². The summed E-state index contributed by atoms with van der Waals surface area (Å²) >= 11 is 0. The molecular weight excluding hydrogens is 239 g/mol. The first-order valence-electron chi connectivity index (χ1n) is 5.17. The second-order valence-electron chi connectivity index (χ2n) is 3.70. The molecule has 18 heavy (non-hydrogen) atoms. The molecule has 1 aromatic carbocycles. The van der Waals surface area contributed by atoms with Crippen molar-refractivity contribution in [3.05, 3.63) is 41.3 Å². The second-order valence-corrected chi connectivity index (χ2v) is 3.70. The molecule has 0 radical (unpaired) electrons. The fraction of sp³-hybridized carbons (Fsp3) is 0.182. The smallest absolute Gasteiger partial charge is 0.251 e. The third kappa shape index (κ3) is 2.45. The summed E-state index contributed by atoms with van der Waals surface area (Å²) < 4.78 is 17.9. The predicted octanol–water partition coefficient (Wildman–Crippen LogP) is 1.03. The Kier molecular flexibility index (Phi) is 3.22. The summed E-state index contributed by atoms with van der Waals surface area (Å²) in [5.74, 6) is -0.631. The normalized spacial score (nSPS) is 10.3. The molecule has 0 aliphatic heterocycles. The Morgan fingerprint density at radius 1 is 1.56 bits per heavy atom. The second kappa shape index (κ2) is 4.82. The molecule has 0 saturated carbocycles. The SMILES string of the molecule is Cc1c(N)cc(C(=O)NCc2ncon2)cc1F. The third-order valence-corrected chi connectivity index (χ3v) is 2.46. The summed E-state index contributed by atoms with van der Waals surface area (Å²) in [5.41, 5.74) is 6.30. The van der Waals surface area contributed by atoms with E-state index in [4.69, 9.17) is 5.73 Å². The lowest BCUT2D eigenvalue weighted by Gasteiger charge is -2.06. The monoisotopic (exact) mass is 250 g/mol. The van der Waals surface area contributed by atoms with Gasteiger partial charge in [0.15, 0.2) is 5.82 Å². The number of nitrogens with two attached hydrogens (primary N) is 1. The van der Waals surface area contributed by atoms with Crippen LogP contribution in [0.1, 0.15) is 21.7 Å². The highest BCUT2D eigenvalue weighted by Gasteiger charge is 2.11. The minimum atomic E-state index is -0.514. The summed E-state index contributed by atoms with van der Waals surface area (Å²) in [7, 11) is 0. The molecule has 6 nitrogen and oxygen atoms in total. The summed E-state index contributed by atoms with van der Waals surface area (Å²) in [6, 6.07) is 2.56. The molecule has 0 spiro atoms. The lowest BCUT2D eigenvalue weighted by atomic mass is 10.1. The van der Waals surface area contributed by atoms with E-state index < -0.39 is 11.7 Å².